The molecule has 0 bridgehead atoms. The molecule has 0 fully saturated rings. The van der Waals surface area contributed by atoms with E-state index in [0.29, 0.717) is 19.6 Å². The second kappa shape index (κ2) is 4.66. The maximum absolute atomic E-state index is 11.3. The predicted octanol–water partition coefficient (Wildman–Crippen LogP) is 2.24. The minimum Gasteiger partial charge on any atom is -0.465 e. The quantitative estimate of drug-likeness (QED) is 0.491. The molecule has 0 unspecified atom stereocenters. The lowest BCUT2D eigenvalue weighted by atomic mass is 10.1. The van der Waals surface area contributed by atoms with E-state index in [0.717, 1.165) is 0 Å². The number of nitrogens with zero attached hydrogens (tertiary/aromatic N) is 1. The minimum absolute atomic E-state index is 0.391. The molecular formula is C9H6INO2S. The number of rotatable bonds is 1. The highest BCUT2D eigenvalue weighted by Crippen LogP contribution is 2.23. The van der Waals surface area contributed by atoms with Crippen molar-refractivity contribution in [2.75, 3.05) is 7.11 Å². The molecule has 3 nitrogen and oxygen atoms in total. The summed E-state index contributed by atoms with van der Waals surface area (Å²) in [5.74, 6) is -0.445. The zero-order valence-electron chi connectivity index (χ0n) is 7.24. The Balaban J connectivity index is 3.37. The van der Waals surface area contributed by atoms with Crippen molar-refractivity contribution in [1.82, 2.24) is 0 Å². The van der Waals surface area contributed by atoms with E-state index in [1.165, 1.54) is 7.11 Å². The van der Waals surface area contributed by atoms with Crippen LogP contribution < -0.4 is 0 Å². The third-order valence-corrected chi connectivity index (χ3v) is 3.13. The van der Waals surface area contributed by atoms with Crippen molar-refractivity contribution in [3.05, 3.63) is 26.8 Å². The highest BCUT2D eigenvalue weighted by Gasteiger charge is 2.14. The van der Waals surface area contributed by atoms with Crippen molar-refractivity contribution < 1.29 is 9.53 Å². The fraction of sp³-hybridized carbons (Fsp3) is 0.111. The Hall–Kier alpha value is -0.740. The number of nitriles is 1. The van der Waals surface area contributed by atoms with E-state index in [2.05, 4.69) is 17.4 Å². The molecule has 5 heteroatoms. The van der Waals surface area contributed by atoms with Gasteiger partial charge in [-0.05, 0) is 34.7 Å². The van der Waals surface area contributed by atoms with Crippen molar-refractivity contribution >= 4 is 41.2 Å². The van der Waals surface area contributed by atoms with Gasteiger partial charge in [0.1, 0.15) is 6.07 Å². The first-order chi connectivity index (χ1) is 6.61. The standard InChI is InChI=1S/C9H6INO2S/c1-13-9(12)5-2-3-7(14)6(4-11)8(5)10/h2-3,14H,1H3. The third-order valence-electron chi connectivity index (χ3n) is 1.64. The number of halogens is 1. The van der Waals surface area contributed by atoms with E-state index < -0.39 is 5.97 Å². The summed E-state index contributed by atoms with van der Waals surface area (Å²) in [7, 11) is 1.30. The summed E-state index contributed by atoms with van der Waals surface area (Å²) in [6.07, 6.45) is 0. The van der Waals surface area contributed by atoms with Gasteiger partial charge in [-0.3, -0.25) is 0 Å². The van der Waals surface area contributed by atoms with Crippen molar-refractivity contribution in [2.24, 2.45) is 0 Å². The van der Waals surface area contributed by atoms with E-state index in [1.807, 2.05) is 28.7 Å². The topological polar surface area (TPSA) is 50.1 Å². The molecule has 1 aromatic carbocycles. The zero-order valence-corrected chi connectivity index (χ0v) is 10.3. The lowest BCUT2D eigenvalue weighted by Crippen LogP contribution is -2.05. The summed E-state index contributed by atoms with van der Waals surface area (Å²) in [4.78, 5) is 11.8. The number of carbonyl (C=O) groups is 1. The summed E-state index contributed by atoms with van der Waals surface area (Å²) in [5.41, 5.74) is 0.791. The fourth-order valence-corrected chi connectivity index (χ4v) is 2.20. The van der Waals surface area contributed by atoms with E-state index in [9.17, 15) is 4.79 Å². The van der Waals surface area contributed by atoms with Gasteiger partial charge in [-0.1, -0.05) is 0 Å². The molecule has 0 spiro atoms. The molecule has 1 aromatic rings. The molecule has 0 aliphatic rings. The van der Waals surface area contributed by atoms with Gasteiger partial charge in [-0.15, -0.1) is 12.6 Å². The van der Waals surface area contributed by atoms with Crippen LogP contribution in [0.15, 0.2) is 17.0 Å². The van der Waals surface area contributed by atoms with Crippen LogP contribution in [0.4, 0.5) is 0 Å². The molecule has 0 amide bonds. The second-order valence-corrected chi connectivity index (χ2v) is 3.99. The smallest absolute Gasteiger partial charge is 0.338 e. The number of thiol groups is 1. The molecule has 0 radical (unpaired) electrons. The number of benzene rings is 1. The molecule has 0 saturated heterocycles. The van der Waals surface area contributed by atoms with Gasteiger partial charge in [0.2, 0.25) is 0 Å². The highest BCUT2D eigenvalue weighted by molar-refractivity contribution is 14.1. The number of carbonyl (C=O) groups excluding carboxylic acids is 1. The van der Waals surface area contributed by atoms with Crippen LogP contribution in [0.3, 0.4) is 0 Å². The van der Waals surface area contributed by atoms with Crippen LogP contribution in [-0.2, 0) is 4.74 Å². The summed E-state index contributed by atoms with van der Waals surface area (Å²) in [5, 5.41) is 8.82. The first-order valence-electron chi connectivity index (χ1n) is 3.61. The van der Waals surface area contributed by atoms with Crippen LogP contribution in [0.1, 0.15) is 15.9 Å². The third kappa shape index (κ3) is 2.01. The Bertz CT molecular complexity index is 426. The molecule has 0 N–H and O–H groups in total. The molecule has 0 saturated carbocycles. The molecule has 0 aliphatic heterocycles. The van der Waals surface area contributed by atoms with E-state index in [-0.39, 0.29) is 0 Å². The zero-order chi connectivity index (χ0) is 10.7. The van der Waals surface area contributed by atoms with Crippen LogP contribution in [0.25, 0.3) is 0 Å². The van der Waals surface area contributed by atoms with Gasteiger partial charge in [0, 0.05) is 8.47 Å². The summed E-state index contributed by atoms with van der Waals surface area (Å²) in [6, 6.07) is 5.19. The van der Waals surface area contributed by atoms with Crippen molar-refractivity contribution in [3.63, 3.8) is 0 Å². The van der Waals surface area contributed by atoms with Gasteiger partial charge in [0.05, 0.1) is 18.2 Å². The van der Waals surface area contributed by atoms with Crippen molar-refractivity contribution in [2.45, 2.75) is 4.90 Å². The van der Waals surface area contributed by atoms with Gasteiger partial charge in [-0.25, -0.2) is 4.79 Å². The lowest BCUT2D eigenvalue weighted by Gasteiger charge is -2.05. The number of hydrogen-bond donors (Lipinski definition) is 1. The minimum atomic E-state index is -0.445. The molecular weight excluding hydrogens is 313 g/mol. The molecule has 0 atom stereocenters. The van der Waals surface area contributed by atoms with E-state index in [4.69, 9.17) is 5.26 Å². The first-order valence-corrected chi connectivity index (χ1v) is 5.14. The van der Waals surface area contributed by atoms with E-state index >= 15 is 0 Å². The maximum Gasteiger partial charge on any atom is 0.338 e. The number of ether oxygens (including phenoxy) is 1. The lowest BCUT2D eigenvalue weighted by molar-refractivity contribution is 0.0599. The van der Waals surface area contributed by atoms with Gasteiger partial charge in [0.15, 0.2) is 0 Å². The Morgan fingerprint density at radius 2 is 2.29 bits per heavy atom. The molecule has 72 valence electrons. The highest BCUT2D eigenvalue weighted by atomic mass is 127. The van der Waals surface area contributed by atoms with Crippen LogP contribution in [0.5, 0.6) is 0 Å². The second-order valence-electron chi connectivity index (χ2n) is 2.42. The summed E-state index contributed by atoms with van der Waals surface area (Å²) in [6.45, 7) is 0. The average molecular weight is 319 g/mol. The molecule has 0 aromatic heterocycles. The van der Waals surface area contributed by atoms with Gasteiger partial charge in [-0.2, -0.15) is 5.26 Å². The van der Waals surface area contributed by atoms with Crippen LogP contribution in [0.2, 0.25) is 0 Å². The molecule has 0 heterocycles. The molecule has 1 rings (SSSR count). The van der Waals surface area contributed by atoms with Crippen molar-refractivity contribution in [1.29, 1.82) is 5.26 Å². The Morgan fingerprint density at radius 3 is 2.79 bits per heavy atom. The largest absolute Gasteiger partial charge is 0.465 e. The summed E-state index contributed by atoms with van der Waals surface area (Å²) >= 11 is 6.05. The fourth-order valence-electron chi connectivity index (χ4n) is 0.940. The number of esters is 1. The van der Waals surface area contributed by atoms with Crippen LogP contribution in [-0.4, -0.2) is 13.1 Å². The van der Waals surface area contributed by atoms with Crippen molar-refractivity contribution in [3.8, 4) is 6.07 Å². The Kier molecular flexibility index (Phi) is 3.77. The summed E-state index contributed by atoms with van der Waals surface area (Å²) < 4.78 is 5.15. The monoisotopic (exact) mass is 319 g/mol. The predicted molar refractivity (Wildman–Crippen MR) is 62.5 cm³/mol. The Labute approximate surface area is 101 Å². The normalized spacial score (nSPS) is 9.29. The SMILES string of the molecule is COC(=O)c1ccc(S)c(C#N)c1I. The van der Waals surface area contributed by atoms with Crippen LogP contribution in [0, 0.1) is 14.9 Å². The van der Waals surface area contributed by atoms with Gasteiger partial charge >= 0.3 is 5.97 Å². The van der Waals surface area contributed by atoms with Gasteiger partial charge < -0.3 is 4.74 Å². The number of hydrogen-bond acceptors (Lipinski definition) is 4. The molecule has 14 heavy (non-hydrogen) atoms. The maximum atomic E-state index is 11.3. The van der Waals surface area contributed by atoms with E-state index in [1.54, 1.807) is 12.1 Å². The molecule has 0 aliphatic carbocycles. The van der Waals surface area contributed by atoms with Crippen LogP contribution >= 0.6 is 35.2 Å². The Morgan fingerprint density at radius 1 is 1.64 bits per heavy atom. The number of methoxy groups -OCH3 is 1. The van der Waals surface area contributed by atoms with Gasteiger partial charge in [0.25, 0.3) is 0 Å². The first kappa shape index (κ1) is 11.3. The average Bonchev–Trinajstić information content (AvgIpc) is 2.18.